The average Bonchev–Trinajstić information content (AvgIpc) is 2.69. The van der Waals surface area contributed by atoms with Gasteiger partial charge >= 0.3 is 5.97 Å². The van der Waals surface area contributed by atoms with E-state index in [1.807, 2.05) is 0 Å². The minimum Gasteiger partial charge on any atom is -0.452 e. The lowest BCUT2D eigenvalue weighted by atomic mass is 10.0. The van der Waals surface area contributed by atoms with E-state index in [0.29, 0.717) is 5.92 Å². The Morgan fingerprint density at radius 1 is 1.16 bits per heavy atom. The van der Waals surface area contributed by atoms with Gasteiger partial charge in [0.15, 0.2) is 6.61 Å². The highest BCUT2D eigenvalue weighted by Crippen LogP contribution is 2.22. The predicted molar refractivity (Wildman–Crippen MR) is 73.2 cm³/mol. The maximum absolute atomic E-state index is 11.6. The van der Waals surface area contributed by atoms with E-state index in [9.17, 15) is 9.59 Å². The fourth-order valence-electron chi connectivity index (χ4n) is 2.32. The molecule has 0 bridgehead atoms. The third kappa shape index (κ3) is 7.50. The van der Waals surface area contributed by atoms with Crippen LogP contribution in [0.5, 0.6) is 0 Å². The van der Waals surface area contributed by atoms with Crippen LogP contribution in [0, 0.1) is 18.3 Å². The Labute approximate surface area is 115 Å². The fraction of sp³-hybridized carbons (Fsp3) is 0.733. The molecule has 1 aliphatic carbocycles. The van der Waals surface area contributed by atoms with Gasteiger partial charge in [-0.1, -0.05) is 31.6 Å². The van der Waals surface area contributed by atoms with Gasteiger partial charge in [-0.3, -0.25) is 9.59 Å². The molecule has 0 radical (unpaired) electrons. The second-order valence-corrected chi connectivity index (χ2v) is 5.03. The van der Waals surface area contributed by atoms with Gasteiger partial charge in [0.25, 0.3) is 0 Å². The van der Waals surface area contributed by atoms with Gasteiger partial charge in [-0.05, 0) is 18.8 Å². The number of esters is 1. The number of hydrogen-bond donors (Lipinski definition) is 1. The first kappa shape index (κ1) is 15.6. The molecule has 1 rings (SSSR count). The van der Waals surface area contributed by atoms with Gasteiger partial charge in [0.2, 0.25) is 5.91 Å². The van der Waals surface area contributed by atoms with Gasteiger partial charge in [-0.2, -0.15) is 0 Å². The van der Waals surface area contributed by atoms with Gasteiger partial charge in [-0.25, -0.2) is 0 Å². The number of rotatable bonds is 6. The monoisotopic (exact) mass is 265 g/mol. The molecule has 0 aliphatic heterocycles. The zero-order valence-electron chi connectivity index (χ0n) is 11.5. The number of amides is 1. The molecular formula is C15H23NO3. The maximum Gasteiger partial charge on any atom is 0.307 e. The van der Waals surface area contributed by atoms with E-state index in [1.54, 1.807) is 0 Å². The predicted octanol–water partition coefficient (Wildman–Crippen LogP) is 2.03. The van der Waals surface area contributed by atoms with Crippen LogP contribution < -0.4 is 5.32 Å². The first-order chi connectivity index (χ1) is 9.22. The van der Waals surface area contributed by atoms with E-state index in [4.69, 9.17) is 11.2 Å². The van der Waals surface area contributed by atoms with E-state index in [-0.39, 0.29) is 25.4 Å². The summed E-state index contributed by atoms with van der Waals surface area (Å²) in [6, 6.07) is 0. The van der Waals surface area contributed by atoms with E-state index < -0.39 is 5.97 Å². The summed E-state index contributed by atoms with van der Waals surface area (Å²) < 4.78 is 4.70. The third-order valence-electron chi connectivity index (χ3n) is 3.44. The second-order valence-electron chi connectivity index (χ2n) is 5.03. The molecule has 0 aromatic rings. The van der Waals surface area contributed by atoms with Crippen molar-refractivity contribution < 1.29 is 14.3 Å². The third-order valence-corrected chi connectivity index (χ3v) is 3.44. The first-order valence-electron chi connectivity index (χ1n) is 7.08. The zero-order chi connectivity index (χ0) is 13.9. The summed E-state index contributed by atoms with van der Waals surface area (Å²) >= 11 is 0. The lowest BCUT2D eigenvalue weighted by molar-refractivity contribution is -0.143. The molecule has 106 valence electrons. The molecule has 0 atom stereocenters. The van der Waals surface area contributed by atoms with Crippen molar-refractivity contribution in [1.29, 1.82) is 0 Å². The van der Waals surface area contributed by atoms with Crippen LogP contribution in [0.2, 0.25) is 0 Å². The summed E-state index contributed by atoms with van der Waals surface area (Å²) in [4.78, 5) is 22.8. The highest BCUT2D eigenvalue weighted by atomic mass is 16.5. The molecule has 0 unspecified atom stereocenters. The Morgan fingerprint density at radius 2 is 1.84 bits per heavy atom. The first-order valence-corrected chi connectivity index (χ1v) is 7.08. The van der Waals surface area contributed by atoms with Crippen LogP contribution in [-0.4, -0.2) is 25.0 Å². The van der Waals surface area contributed by atoms with Gasteiger partial charge in [0.1, 0.15) is 0 Å². The molecule has 4 heteroatoms. The summed E-state index contributed by atoms with van der Waals surface area (Å²) in [7, 11) is 0. The molecule has 4 nitrogen and oxygen atoms in total. The van der Waals surface area contributed by atoms with Crippen LogP contribution in [-0.2, 0) is 14.3 Å². The quantitative estimate of drug-likeness (QED) is 0.454. The Bertz CT molecular complexity index is 325. The number of carbonyl (C=O) groups is 2. The molecule has 1 aliphatic rings. The molecule has 1 N–H and O–H groups in total. The number of terminal acetylenes is 1. The molecular weight excluding hydrogens is 242 g/mol. The smallest absolute Gasteiger partial charge is 0.307 e. The van der Waals surface area contributed by atoms with Crippen LogP contribution in [0.15, 0.2) is 0 Å². The average molecular weight is 265 g/mol. The summed E-state index contributed by atoms with van der Waals surface area (Å²) in [5.74, 6) is 2.32. The standard InChI is InChI=1S/C15H23NO3/c1-2-11-19-15(18)10-9-14(17)16-12-13-7-5-3-4-6-8-13/h1,13H,3-12H2,(H,16,17). The highest BCUT2D eigenvalue weighted by Gasteiger charge is 2.14. The second kappa shape index (κ2) is 9.43. The van der Waals surface area contributed by atoms with Gasteiger partial charge < -0.3 is 10.1 Å². The number of carbonyl (C=O) groups excluding carboxylic acids is 2. The Hall–Kier alpha value is -1.50. The molecule has 0 aromatic heterocycles. The van der Waals surface area contributed by atoms with Gasteiger partial charge in [0.05, 0.1) is 6.42 Å². The summed E-state index contributed by atoms with van der Waals surface area (Å²) in [6.45, 7) is 0.709. The van der Waals surface area contributed by atoms with Gasteiger partial charge in [-0.15, -0.1) is 6.42 Å². The normalized spacial score (nSPS) is 16.2. The largest absolute Gasteiger partial charge is 0.452 e. The van der Waals surface area contributed by atoms with Crippen molar-refractivity contribution in [2.45, 2.75) is 51.4 Å². The molecule has 0 heterocycles. The van der Waals surface area contributed by atoms with E-state index >= 15 is 0 Å². The molecule has 0 aromatic carbocycles. The zero-order valence-corrected chi connectivity index (χ0v) is 11.5. The fourth-order valence-corrected chi connectivity index (χ4v) is 2.32. The van der Waals surface area contributed by atoms with E-state index in [2.05, 4.69) is 11.2 Å². The maximum atomic E-state index is 11.6. The SMILES string of the molecule is C#CCOC(=O)CCC(=O)NCC1CCCCCC1. The molecule has 1 fully saturated rings. The Balaban J connectivity index is 2.10. The van der Waals surface area contributed by atoms with Crippen molar-refractivity contribution in [1.82, 2.24) is 5.32 Å². The van der Waals surface area contributed by atoms with Crippen LogP contribution in [0.1, 0.15) is 51.4 Å². The van der Waals surface area contributed by atoms with Crippen molar-refractivity contribution in [3.05, 3.63) is 0 Å². The highest BCUT2D eigenvalue weighted by molar-refractivity contribution is 5.81. The van der Waals surface area contributed by atoms with E-state index in [0.717, 1.165) is 6.54 Å². The minimum absolute atomic E-state index is 0.0253. The summed E-state index contributed by atoms with van der Waals surface area (Å²) in [5, 5.41) is 2.90. The molecule has 0 spiro atoms. The van der Waals surface area contributed by atoms with Crippen LogP contribution in [0.3, 0.4) is 0 Å². The van der Waals surface area contributed by atoms with Crippen LogP contribution in [0.25, 0.3) is 0 Å². The molecule has 1 amide bonds. The Kier molecular flexibility index (Phi) is 7.72. The van der Waals surface area contributed by atoms with Crippen LogP contribution in [0.4, 0.5) is 0 Å². The van der Waals surface area contributed by atoms with Gasteiger partial charge in [0, 0.05) is 13.0 Å². The van der Waals surface area contributed by atoms with Crippen molar-refractivity contribution >= 4 is 11.9 Å². The van der Waals surface area contributed by atoms with Crippen molar-refractivity contribution in [3.8, 4) is 12.3 Å². The lowest BCUT2D eigenvalue weighted by Gasteiger charge is -2.14. The van der Waals surface area contributed by atoms with Crippen molar-refractivity contribution in [2.24, 2.45) is 5.92 Å². The Morgan fingerprint density at radius 3 is 2.47 bits per heavy atom. The minimum atomic E-state index is -0.414. The molecule has 0 saturated heterocycles. The molecule has 19 heavy (non-hydrogen) atoms. The van der Waals surface area contributed by atoms with Crippen molar-refractivity contribution in [2.75, 3.05) is 13.2 Å². The lowest BCUT2D eigenvalue weighted by Crippen LogP contribution is -2.29. The van der Waals surface area contributed by atoms with Crippen LogP contribution >= 0.6 is 0 Å². The topological polar surface area (TPSA) is 55.4 Å². The number of ether oxygens (including phenoxy) is 1. The van der Waals surface area contributed by atoms with Crippen molar-refractivity contribution in [3.63, 3.8) is 0 Å². The molecule has 1 saturated carbocycles. The number of hydrogen-bond acceptors (Lipinski definition) is 3. The van der Waals surface area contributed by atoms with E-state index in [1.165, 1.54) is 38.5 Å². The summed E-state index contributed by atoms with van der Waals surface area (Å²) in [5.41, 5.74) is 0. The summed E-state index contributed by atoms with van der Waals surface area (Å²) in [6.07, 6.45) is 12.8. The number of nitrogens with one attached hydrogen (secondary N) is 1.